The van der Waals surface area contributed by atoms with E-state index in [1.54, 1.807) is 0 Å². The summed E-state index contributed by atoms with van der Waals surface area (Å²) in [6, 6.07) is 20.1. The molecule has 3 rings (SSSR count). The molecule has 0 aliphatic heterocycles. The Morgan fingerprint density at radius 2 is 1.77 bits per heavy atom. The van der Waals surface area contributed by atoms with E-state index in [1.165, 1.54) is 0 Å². The Bertz CT molecular complexity index is 722. The normalized spacial score (nSPS) is 10.4. The average molecular weight is 293 g/mol. The summed E-state index contributed by atoms with van der Waals surface area (Å²) in [6.45, 7) is 3.30. The van der Waals surface area contributed by atoms with Crippen LogP contribution < -0.4 is 10.1 Å². The Labute approximate surface area is 130 Å². The van der Waals surface area contributed by atoms with Crippen LogP contribution in [0.2, 0.25) is 0 Å². The summed E-state index contributed by atoms with van der Waals surface area (Å²) in [5.41, 5.74) is 3.03. The molecule has 1 N–H and O–H groups in total. The second-order valence-electron chi connectivity index (χ2n) is 4.87. The van der Waals surface area contributed by atoms with E-state index in [4.69, 9.17) is 4.74 Å². The van der Waals surface area contributed by atoms with Gasteiger partial charge in [0, 0.05) is 6.20 Å². The molecule has 0 unspecified atom stereocenters. The molecule has 1 aromatic heterocycles. The third-order valence-corrected chi connectivity index (χ3v) is 3.31. The minimum Gasteiger partial charge on any atom is -0.492 e. The number of hydrogen-bond donors (Lipinski definition) is 1. The highest BCUT2D eigenvalue weighted by Crippen LogP contribution is 2.24. The van der Waals surface area contributed by atoms with E-state index in [0.29, 0.717) is 13.2 Å². The summed E-state index contributed by atoms with van der Waals surface area (Å²) in [6.07, 6.45) is 1.97. The zero-order chi connectivity index (χ0) is 15.2. The van der Waals surface area contributed by atoms with Crippen LogP contribution in [0.1, 0.15) is 12.6 Å². The monoisotopic (exact) mass is 293 g/mol. The number of para-hydroxylation sites is 3. The summed E-state index contributed by atoms with van der Waals surface area (Å²) in [5.74, 6) is 0.868. The van der Waals surface area contributed by atoms with Gasteiger partial charge in [0.05, 0.1) is 30.2 Å². The fourth-order valence-corrected chi connectivity index (χ4v) is 2.26. The molecule has 4 heteroatoms. The molecule has 1 heterocycles. The van der Waals surface area contributed by atoms with Gasteiger partial charge in [0.15, 0.2) is 0 Å². The number of benzene rings is 2. The lowest BCUT2D eigenvalue weighted by molar-refractivity contribution is 0.341. The third-order valence-electron chi connectivity index (χ3n) is 3.31. The number of ether oxygens (including phenoxy) is 1. The van der Waals surface area contributed by atoms with Crippen molar-refractivity contribution in [3.05, 3.63) is 72.6 Å². The summed E-state index contributed by atoms with van der Waals surface area (Å²) in [5, 5.41) is 7.96. The molecule has 0 bridgehead atoms. The Hall–Kier alpha value is -2.75. The maximum Gasteiger partial charge on any atom is 0.142 e. The van der Waals surface area contributed by atoms with Crippen LogP contribution in [-0.4, -0.2) is 16.4 Å². The fourth-order valence-electron chi connectivity index (χ4n) is 2.26. The average Bonchev–Trinajstić information content (AvgIpc) is 3.04. The Kier molecular flexibility index (Phi) is 4.39. The zero-order valence-corrected chi connectivity index (χ0v) is 12.6. The van der Waals surface area contributed by atoms with E-state index in [1.807, 2.05) is 78.5 Å². The summed E-state index contributed by atoms with van der Waals surface area (Å²) >= 11 is 0. The first kappa shape index (κ1) is 14.2. The predicted molar refractivity (Wildman–Crippen MR) is 88.5 cm³/mol. The van der Waals surface area contributed by atoms with Crippen molar-refractivity contribution in [3.8, 4) is 11.4 Å². The first-order valence-electron chi connectivity index (χ1n) is 7.42. The van der Waals surface area contributed by atoms with Crippen LogP contribution in [-0.2, 0) is 6.54 Å². The number of hydrogen-bond acceptors (Lipinski definition) is 3. The van der Waals surface area contributed by atoms with E-state index in [9.17, 15) is 0 Å². The molecule has 0 atom stereocenters. The molecular formula is C18H19N3O. The number of rotatable bonds is 6. The van der Waals surface area contributed by atoms with Gasteiger partial charge in [-0.05, 0) is 37.3 Å². The molecule has 0 radical (unpaired) electrons. The number of anilines is 1. The summed E-state index contributed by atoms with van der Waals surface area (Å²) in [7, 11) is 0. The molecule has 4 nitrogen and oxygen atoms in total. The minimum atomic E-state index is 0.654. The smallest absolute Gasteiger partial charge is 0.142 e. The molecule has 3 aromatic rings. The highest BCUT2D eigenvalue weighted by Gasteiger charge is 2.04. The Balaban J connectivity index is 1.69. The number of aromatic nitrogens is 2. The predicted octanol–water partition coefficient (Wildman–Crippen LogP) is 3.88. The largest absolute Gasteiger partial charge is 0.492 e. The van der Waals surface area contributed by atoms with E-state index in [-0.39, 0.29) is 0 Å². The molecule has 0 saturated carbocycles. The topological polar surface area (TPSA) is 39.1 Å². The number of nitrogens with zero attached hydrogens (tertiary/aromatic N) is 2. The summed E-state index contributed by atoms with van der Waals surface area (Å²) < 4.78 is 7.49. The molecule has 0 amide bonds. The van der Waals surface area contributed by atoms with Gasteiger partial charge in [-0.15, -0.1) is 0 Å². The van der Waals surface area contributed by atoms with Crippen LogP contribution in [0.15, 0.2) is 66.9 Å². The highest BCUT2D eigenvalue weighted by atomic mass is 16.5. The van der Waals surface area contributed by atoms with E-state index in [2.05, 4.69) is 10.4 Å². The zero-order valence-electron chi connectivity index (χ0n) is 12.6. The van der Waals surface area contributed by atoms with Crippen LogP contribution in [0, 0.1) is 0 Å². The van der Waals surface area contributed by atoms with Crippen LogP contribution >= 0.6 is 0 Å². The molecule has 0 saturated heterocycles. The lowest BCUT2D eigenvalue weighted by atomic mass is 10.3. The van der Waals surface area contributed by atoms with Gasteiger partial charge < -0.3 is 10.1 Å². The SMILES string of the molecule is CCOc1ccccc1NCc1ccn(-c2ccccc2)n1. The van der Waals surface area contributed by atoms with Gasteiger partial charge in [-0.2, -0.15) is 5.10 Å². The molecule has 22 heavy (non-hydrogen) atoms. The van der Waals surface area contributed by atoms with Crippen LogP contribution in [0.25, 0.3) is 5.69 Å². The summed E-state index contributed by atoms with van der Waals surface area (Å²) in [4.78, 5) is 0. The van der Waals surface area contributed by atoms with Crippen LogP contribution in [0.3, 0.4) is 0 Å². The van der Waals surface area contributed by atoms with E-state index in [0.717, 1.165) is 22.8 Å². The quantitative estimate of drug-likeness (QED) is 0.749. The van der Waals surface area contributed by atoms with Gasteiger partial charge in [0.25, 0.3) is 0 Å². The molecule has 0 aliphatic carbocycles. The van der Waals surface area contributed by atoms with Gasteiger partial charge >= 0.3 is 0 Å². The van der Waals surface area contributed by atoms with Crippen molar-refractivity contribution < 1.29 is 4.74 Å². The highest BCUT2D eigenvalue weighted by molar-refractivity contribution is 5.56. The van der Waals surface area contributed by atoms with E-state index < -0.39 is 0 Å². The van der Waals surface area contributed by atoms with Crippen molar-refractivity contribution >= 4 is 5.69 Å². The van der Waals surface area contributed by atoms with Crippen LogP contribution in [0.5, 0.6) is 5.75 Å². The standard InChI is InChI=1S/C18H19N3O/c1-2-22-18-11-7-6-10-17(18)19-14-15-12-13-21(20-15)16-8-4-3-5-9-16/h3-13,19H,2,14H2,1H3. The van der Waals surface area contributed by atoms with Gasteiger partial charge in [-0.1, -0.05) is 30.3 Å². The van der Waals surface area contributed by atoms with Crippen LogP contribution in [0.4, 0.5) is 5.69 Å². The molecule has 0 fully saturated rings. The number of nitrogens with one attached hydrogen (secondary N) is 1. The van der Waals surface area contributed by atoms with E-state index >= 15 is 0 Å². The van der Waals surface area contributed by atoms with Gasteiger partial charge in [0.1, 0.15) is 5.75 Å². The minimum absolute atomic E-state index is 0.654. The van der Waals surface area contributed by atoms with Crippen molar-refractivity contribution in [1.29, 1.82) is 0 Å². The molecule has 0 aliphatic rings. The lowest BCUT2D eigenvalue weighted by Crippen LogP contribution is -2.04. The van der Waals surface area contributed by atoms with Crippen molar-refractivity contribution in [1.82, 2.24) is 9.78 Å². The maximum absolute atomic E-state index is 5.61. The van der Waals surface area contributed by atoms with Gasteiger partial charge in [-0.3, -0.25) is 0 Å². The first-order chi connectivity index (χ1) is 10.9. The van der Waals surface area contributed by atoms with Crippen molar-refractivity contribution in [2.24, 2.45) is 0 Å². The van der Waals surface area contributed by atoms with Gasteiger partial charge in [0.2, 0.25) is 0 Å². The molecule has 0 spiro atoms. The Morgan fingerprint density at radius 3 is 2.59 bits per heavy atom. The second kappa shape index (κ2) is 6.80. The first-order valence-corrected chi connectivity index (χ1v) is 7.42. The maximum atomic E-state index is 5.61. The fraction of sp³-hybridized carbons (Fsp3) is 0.167. The van der Waals surface area contributed by atoms with Crippen molar-refractivity contribution in [2.75, 3.05) is 11.9 Å². The molecule has 112 valence electrons. The lowest BCUT2D eigenvalue weighted by Gasteiger charge is -2.11. The van der Waals surface area contributed by atoms with Crippen molar-refractivity contribution in [2.45, 2.75) is 13.5 Å². The Morgan fingerprint density at radius 1 is 1.00 bits per heavy atom. The molecular weight excluding hydrogens is 274 g/mol. The van der Waals surface area contributed by atoms with Crippen molar-refractivity contribution in [3.63, 3.8) is 0 Å². The van der Waals surface area contributed by atoms with Gasteiger partial charge in [-0.25, -0.2) is 4.68 Å². The molecule has 2 aromatic carbocycles. The third kappa shape index (κ3) is 3.28. The second-order valence-corrected chi connectivity index (χ2v) is 4.87.